The van der Waals surface area contributed by atoms with Crippen LogP contribution in [0.3, 0.4) is 0 Å². The van der Waals surface area contributed by atoms with E-state index in [0.717, 1.165) is 24.0 Å². The van der Waals surface area contributed by atoms with Gasteiger partial charge < -0.3 is 15.4 Å². The van der Waals surface area contributed by atoms with Crippen LogP contribution in [-0.2, 0) is 15.8 Å². The number of nitrogens with zero attached hydrogens (tertiary/aromatic N) is 2. The van der Waals surface area contributed by atoms with Crippen LogP contribution in [0.2, 0.25) is 0 Å². The van der Waals surface area contributed by atoms with Gasteiger partial charge in [0.05, 0.1) is 17.9 Å². The van der Waals surface area contributed by atoms with Crippen LogP contribution < -0.4 is 10.5 Å². The normalized spacial score (nSPS) is 18.9. The van der Waals surface area contributed by atoms with Gasteiger partial charge in [0.2, 0.25) is 0 Å². The molecule has 5 rings (SSSR count). The molecule has 1 saturated heterocycles. The van der Waals surface area contributed by atoms with Gasteiger partial charge in [0, 0.05) is 24.6 Å². The zero-order valence-electron chi connectivity index (χ0n) is 19.3. The van der Waals surface area contributed by atoms with Crippen LogP contribution in [0.25, 0.3) is 11.1 Å². The van der Waals surface area contributed by atoms with Crippen molar-refractivity contribution < 1.29 is 17.9 Å². The van der Waals surface area contributed by atoms with Crippen molar-refractivity contribution in [2.75, 3.05) is 19.7 Å². The Balaban J connectivity index is 1.27. The van der Waals surface area contributed by atoms with E-state index >= 15 is 0 Å². The first-order valence-electron chi connectivity index (χ1n) is 11.7. The maximum Gasteiger partial charge on any atom is 0.259 e. The second-order valence-corrected chi connectivity index (χ2v) is 10.6. The van der Waals surface area contributed by atoms with Crippen molar-refractivity contribution in [2.45, 2.75) is 18.6 Å². The van der Waals surface area contributed by atoms with E-state index in [-0.39, 0.29) is 23.4 Å². The molecule has 3 aromatic carbocycles. The molecule has 0 saturated carbocycles. The third-order valence-electron chi connectivity index (χ3n) is 6.44. The molecule has 1 amide bonds. The van der Waals surface area contributed by atoms with Crippen molar-refractivity contribution in [2.24, 2.45) is 16.0 Å². The molecule has 35 heavy (non-hydrogen) atoms. The highest BCUT2D eigenvalue weighted by molar-refractivity contribution is 7.89. The molecule has 3 aromatic rings. The molecular formula is C27H27N3O4S. The summed E-state index contributed by atoms with van der Waals surface area (Å²) in [6, 6.07) is 23.0. The number of nitrogens with two attached hydrogens (primary N) is 1. The number of fused-ring (bicyclic) bond motifs is 1. The summed E-state index contributed by atoms with van der Waals surface area (Å²) in [6.07, 6.45) is 1.84. The Kier molecular flexibility index (Phi) is 6.30. The lowest BCUT2D eigenvalue weighted by molar-refractivity contribution is 0.0633. The van der Waals surface area contributed by atoms with Crippen molar-refractivity contribution >= 4 is 21.8 Å². The highest BCUT2D eigenvalue weighted by Gasteiger charge is 2.28. The Morgan fingerprint density at radius 2 is 1.80 bits per heavy atom. The maximum atomic E-state index is 13.3. The van der Waals surface area contributed by atoms with Crippen LogP contribution in [0.4, 0.5) is 0 Å². The van der Waals surface area contributed by atoms with Crippen molar-refractivity contribution in [3.8, 4) is 16.9 Å². The van der Waals surface area contributed by atoms with E-state index in [1.807, 2.05) is 59.5 Å². The first-order chi connectivity index (χ1) is 16.9. The predicted molar refractivity (Wildman–Crippen MR) is 136 cm³/mol. The second-order valence-electron chi connectivity index (χ2n) is 9.01. The topological polar surface area (TPSA) is 102 Å². The molecule has 0 bridgehead atoms. The summed E-state index contributed by atoms with van der Waals surface area (Å²) in [5.41, 5.74) is 9.86. The van der Waals surface area contributed by atoms with Crippen molar-refractivity contribution in [3.63, 3.8) is 0 Å². The first-order valence-corrected chi connectivity index (χ1v) is 13.3. The van der Waals surface area contributed by atoms with Crippen LogP contribution in [-0.4, -0.2) is 44.8 Å². The fourth-order valence-electron chi connectivity index (χ4n) is 4.77. The minimum atomic E-state index is -3.60. The summed E-state index contributed by atoms with van der Waals surface area (Å²) >= 11 is 0. The van der Waals surface area contributed by atoms with Gasteiger partial charge in [-0.05, 0) is 47.7 Å². The standard InChI is InChI=1S/C27H27N3O4S/c28-26-25-23(18-35(32,33)29-26)12-5-13-24(25)34-17-19-7-6-14-30(16-19)27(31)22-11-4-10-21(15-22)20-8-2-1-3-9-20/h1-5,8-13,15,19H,6-7,14,16-18H2,(H2,28,29)/t19-/m0/s1. The van der Waals surface area contributed by atoms with Crippen LogP contribution in [0, 0.1) is 5.92 Å². The van der Waals surface area contributed by atoms with E-state index in [4.69, 9.17) is 10.5 Å². The van der Waals surface area contributed by atoms with Crippen LogP contribution >= 0.6 is 0 Å². The number of ether oxygens (including phenoxy) is 1. The minimum Gasteiger partial charge on any atom is -0.492 e. The third kappa shape index (κ3) is 5.07. The second kappa shape index (κ2) is 9.54. The van der Waals surface area contributed by atoms with Crippen molar-refractivity contribution in [3.05, 3.63) is 89.5 Å². The van der Waals surface area contributed by atoms with Gasteiger partial charge >= 0.3 is 0 Å². The number of carbonyl (C=O) groups excluding carboxylic acids is 1. The smallest absolute Gasteiger partial charge is 0.259 e. The number of hydrogen-bond donors (Lipinski definition) is 1. The van der Waals surface area contributed by atoms with Crippen LogP contribution in [0.1, 0.15) is 34.3 Å². The van der Waals surface area contributed by atoms with Crippen molar-refractivity contribution in [1.29, 1.82) is 0 Å². The SMILES string of the molecule is NC1=NS(=O)(=O)Cc2cccc(OC[C@H]3CCCN(C(=O)c4cccc(-c5ccccc5)c4)C3)c21. The lowest BCUT2D eigenvalue weighted by Gasteiger charge is -2.33. The third-order valence-corrected chi connectivity index (χ3v) is 7.59. The Morgan fingerprint density at radius 1 is 1.03 bits per heavy atom. The van der Waals surface area contributed by atoms with E-state index < -0.39 is 10.0 Å². The molecule has 2 heterocycles. The quantitative estimate of drug-likeness (QED) is 0.587. The van der Waals surface area contributed by atoms with Crippen LogP contribution in [0.5, 0.6) is 5.75 Å². The molecule has 2 aliphatic heterocycles. The van der Waals surface area contributed by atoms with Gasteiger partial charge in [-0.1, -0.05) is 54.6 Å². The monoisotopic (exact) mass is 489 g/mol. The van der Waals surface area contributed by atoms with E-state index in [2.05, 4.69) is 4.40 Å². The molecule has 0 aromatic heterocycles. The van der Waals surface area contributed by atoms with Gasteiger partial charge in [0.25, 0.3) is 15.9 Å². The molecule has 1 atom stereocenters. The fourth-order valence-corrected chi connectivity index (χ4v) is 5.86. The summed E-state index contributed by atoms with van der Waals surface area (Å²) in [5.74, 6) is 0.476. The van der Waals surface area contributed by atoms with E-state index in [1.165, 1.54) is 0 Å². The average Bonchev–Trinajstić information content (AvgIpc) is 2.87. The minimum absolute atomic E-state index is 0.0196. The molecule has 0 radical (unpaired) electrons. The summed E-state index contributed by atoms with van der Waals surface area (Å²) in [6.45, 7) is 1.72. The first kappa shape index (κ1) is 23.1. The number of sulfonamides is 1. The predicted octanol–water partition coefficient (Wildman–Crippen LogP) is 3.83. The number of amides is 1. The lowest BCUT2D eigenvalue weighted by Crippen LogP contribution is -2.41. The lowest BCUT2D eigenvalue weighted by atomic mass is 9.97. The number of rotatable bonds is 5. The Morgan fingerprint density at radius 3 is 2.63 bits per heavy atom. The van der Waals surface area contributed by atoms with Gasteiger partial charge in [-0.15, -0.1) is 4.40 Å². The maximum absolute atomic E-state index is 13.3. The van der Waals surface area contributed by atoms with E-state index in [1.54, 1.807) is 18.2 Å². The molecule has 0 spiro atoms. The fraction of sp³-hybridized carbons (Fsp3) is 0.259. The van der Waals surface area contributed by atoms with E-state index in [0.29, 0.717) is 42.1 Å². The molecule has 7 nitrogen and oxygen atoms in total. The molecular weight excluding hydrogens is 462 g/mol. The zero-order chi connectivity index (χ0) is 24.4. The number of likely N-dealkylation sites (tertiary alicyclic amines) is 1. The summed E-state index contributed by atoms with van der Waals surface area (Å²) in [7, 11) is -3.60. The molecule has 180 valence electrons. The summed E-state index contributed by atoms with van der Waals surface area (Å²) in [4.78, 5) is 15.2. The molecule has 8 heteroatoms. The molecule has 0 aliphatic carbocycles. The van der Waals surface area contributed by atoms with Crippen molar-refractivity contribution in [1.82, 2.24) is 4.90 Å². The number of amidine groups is 1. The van der Waals surface area contributed by atoms with Gasteiger partial charge in [-0.3, -0.25) is 4.79 Å². The number of piperidine rings is 1. The number of hydrogen-bond acceptors (Lipinski definition) is 5. The Bertz CT molecular complexity index is 1390. The largest absolute Gasteiger partial charge is 0.492 e. The molecule has 1 fully saturated rings. The van der Waals surface area contributed by atoms with E-state index in [9.17, 15) is 13.2 Å². The highest BCUT2D eigenvalue weighted by Crippen LogP contribution is 2.29. The van der Waals surface area contributed by atoms with Gasteiger partial charge in [0.15, 0.2) is 0 Å². The average molecular weight is 490 g/mol. The highest BCUT2D eigenvalue weighted by atomic mass is 32.2. The Labute approximate surface area is 205 Å². The summed E-state index contributed by atoms with van der Waals surface area (Å²) < 4.78 is 33.6. The zero-order valence-corrected chi connectivity index (χ0v) is 20.1. The Hall–Kier alpha value is -3.65. The van der Waals surface area contributed by atoms with Crippen LogP contribution in [0.15, 0.2) is 77.2 Å². The number of benzene rings is 3. The van der Waals surface area contributed by atoms with Gasteiger partial charge in [0.1, 0.15) is 11.6 Å². The number of carbonyl (C=O) groups is 1. The molecule has 2 N–H and O–H groups in total. The van der Waals surface area contributed by atoms with Gasteiger partial charge in [-0.2, -0.15) is 0 Å². The van der Waals surface area contributed by atoms with Gasteiger partial charge in [-0.25, -0.2) is 8.42 Å². The summed E-state index contributed by atoms with van der Waals surface area (Å²) in [5, 5.41) is 0. The molecule has 2 aliphatic rings. The molecule has 0 unspecified atom stereocenters.